The molecule has 1 heterocycles. The summed E-state index contributed by atoms with van der Waals surface area (Å²) in [4.78, 5) is 25.2. The van der Waals surface area contributed by atoms with Gasteiger partial charge in [-0.15, -0.1) is 0 Å². The number of nitrogens with one attached hydrogen (secondary N) is 1. The maximum Gasteiger partial charge on any atom is 0.340 e. The first-order valence-corrected chi connectivity index (χ1v) is 6.06. The summed E-state index contributed by atoms with van der Waals surface area (Å²) in [7, 11) is 0. The molecule has 0 saturated heterocycles. The zero-order valence-corrected chi connectivity index (χ0v) is 10.5. The third-order valence-electron chi connectivity index (χ3n) is 2.81. The molecule has 0 spiro atoms. The molecule has 1 aromatic carbocycles. The Bertz CT molecular complexity index is 618. The van der Waals surface area contributed by atoms with Gasteiger partial charge in [0.2, 0.25) is 0 Å². The lowest BCUT2D eigenvalue weighted by molar-refractivity contribution is -0.384. The Balaban J connectivity index is 2.37. The van der Waals surface area contributed by atoms with Crippen molar-refractivity contribution in [3.8, 4) is 0 Å². The second-order valence-corrected chi connectivity index (χ2v) is 4.18. The smallest absolute Gasteiger partial charge is 0.340 e. The molecule has 6 heteroatoms. The Morgan fingerprint density at radius 1 is 1.47 bits per heavy atom. The number of hydrogen-bond acceptors (Lipinski definition) is 4. The molecular weight excluding hydrogens is 248 g/mol. The van der Waals surface area contributed by atoms with Crippen molar-refractivity contribution in [2.45, 2.75) is 19.8 Å². The van der Waals surface area contributed by atoms with E-state index < -0.39 is 10.9 Å². The van der Waals surface area contributed by atoms with E-state index in [0.29, 0.717) is 17.5 Å². The highest BCUT2D eigenvalue weighted by molar-refractivity contribution is 6.04. The van der Waals surface area contributed by atoms with Crippen LogP contribution in [0.1, 0.15) is 30.1 Å². The zero-order valence-electron chi connectivity index (χ0n) is 10.5. The minimum atomic E-state index is -0.537. The summed E-state index contributed by atoms with van der Waals surface area (Å²) in [6.07, 6.45) is 3.33. The number of benzene rings is 1. The fourth-order valence-corrected chi connectivity index (χ4v) is 1.81. The first kappa shape index (κ1) is 13.1. The van der Waals surface area contributed by atoms with Crippen LogP contribution in [-0.4, -0.2) is 22.5 Å². The predicted molar refractivity (Wildman–Crippen MR) is 70.1 cm³/mol. The van der Waals surface area contributed by atoms with E-state index in [1.807, 2.05) is 6.92 Å². The van der Waals surface area contributed by atoms with E-state index in [9.17, 15) is 14.9 Å². The summed E-state index contributed by atoms with van der Waals surface area (Å²) in [5.41, 5.74) is 0.645. The van der Waals surface area contributed by atoms with Gasteiger partial charge in [0.15, 0.2) is 0 Å². The fraction of sp³-hybridized carbons (Fsp3) is 0.308. The second kappa shape index (κ2) is 5.51. The quantitative estimate of drug-likeness (QED) is 0.388. The molecule has 0 aliphatic heterocycles. The Kier molecular flexibility index (Phi) is 3.79. The summed E-state index contributed by atoms with van der Waals surface area (Å²) in [5, 5.41) is 11.5. The SMILES string of the molecule is CCCCOC(=O)c1cc([N+](=O)[O-])cc2cc[nH]c12. The molecule has 0 aliphatic carbocycles. The number of fused-ring (bicyclic) bond motifs is 1. The number of aromatic nitrogens is 1. The molecule has 0 unspecified atom stereocenters. The Hall–Kier alpha value is -2.37. The van der Waals surface area contributed by atoms with Crippen molar-refractivity contribution in [2.24, 2.45) is 0 Å². The van der Waals surface area contributed by atoms with Crippen LogP contribution in [0.5, 0.6) is 0 Å². The lowest BCUT2D eigenvalue weighted by Gasteiger charge is -2.05. The van der Waals surface area contributed by atoms with Gasteiger partial charge < -0.3 is 9.72 Å². The van der Waals surface area contributed by atoms with Crippen LogP contribution in [-0.2, 0) is 4.74 Å². The number of nitrogens with zero attached hydrogens (tertiary/aromatic N) is 1. The average Bonchev–Trinajstić information content (AvgIpc) is 2.85. The number of rotatable bonds is 5. The van der Waals surface area contributed by atoms with Gasteiger partial charge in [0.05, 0.1) is 22.6 Å². The molecule has 0 radical (unpaired) electrons. The largest absolute Gasteiger partial charge is 0.462 e. The van der Waals surface area contributed by atoms with Crippen LogP contribution < -0.4 is 0 Å². The number of carbonyl (C=O) groups excluding carboxylic acids is 1. The molecule has 2 rings (SSSR count). The normalized spacial score (nSPS) is 10.6. The second-order valence-electron chi connectivity index (χ2n) is 4.18. The van der Waals surface area contributed by atoms with Gasteiger partial charge in [-0.2, -0.15) is 0 Å². The van der Waals surface area contributed by atoms with Crippen molar-refractivity contribution >= 4 is 22.6 Å². The number of nitro groups is 1. The number of aromatic amines is 1. The summed E-state index contributed by atoms with van der Waals surface area (Å²) >= 11 is 0. The number of nitro benzene ring substituents is 1. The highest BCUT2D eigenvalue weighted by atomic mass is 16.6. The number of H-pyrrole nitrogens is 1. The maximum atomic E-state index is 11.9. The van der Waals surface area contributed by atoms with E-state index in [1.165, 1.54) is 12.1 Å². The van der Waals surface area contributed by atoms with Crippen LogP contribution in [0, 0.1) is 10.1 Å². The van der Waals surface area contributed by atoms with E-state index in [2.05, 4.69) is 4.98 Å². The van der Waals surface area contributed by atoms with Crippen molar-refractivity contribution < 1.29 is 14.5 Å². The number of esters is 1. The van der Waals surface area contributed by atoms with E-state index in [0.717, 1.165) is 12.8 Å². The number of carbonyl (C=O) groups is 1. The Morgan fingerprint density at radius 2 is 2.26 bits per heavy atom. The summed E-state index contributed by atoms with van der Waals surface area (Å²) in [6, 6.07) is 4.35. The van der Waals surface area contributed by atoms with Crippen molar-refractivity contribution in [3.05, 3.63) is 40.1 Å². The van der Waals surface area contributed by atoms with Gasteiger partial charge in [-0.3, -0.25) is 10.1 Å². The van der Waals surface area contributed by atoms with E-state index in [4.69, 9.17) is 4.74 Å². The summed E-state index contributed by atoms with van der Waals surface area (Å²) in [6.45, 7) is 2.31. The minimum absolute atomic E-state index is 0.116. The van der Waals surface area contributed by atoms with Crippen LogP contribution in [0.15, 0.2) is 24.4 Å². The van der Waals surface area contributed by atoms with Crippen LogP contribution >= 0.6 is 0 Å². The van der Waals surface area contributed by atoms with Crippen molar-refractivity contribution in [1.29, 1.82) is 0 Å². The number of unbranched alkanes of at least 4 members (excludes halogenated alkanes) is 1. The van der Waals surface area contributed by atoms with E-state index >= 15 is 0 Å². The maximum absolute atomic E-state index is 11.9. The Labute approximate surface area is 109 Å². The van der Waals surface area contributed by atoms with E-state index in [1.54, 1.807) is 12.3 Å². The standard InChI is InChI=1S/C13H14N2O4/c1-2-3-6-19-13(16)11-8-10(15(17)18)7-9-4-5-14-12(9)11/h4-5,7-8,14H,2-3,6H2,1H3. The van der Waals surface area contributed by atoms with Gasteiger partial charge >= 0.3 is 5.97 Å². The molecule has 0 atom stereocenters. The lowest BCUT2D eigenvalue weighted by atomic mass is 10.1. The molecule has 0 fully saturated rings. The minimum Gasteiger partial charge on any atom is -0.462 e. The number of ether oxygens (including phenoxy) is 1. The number of non-ortho nitro benzene ring substituents is 1. The number of hydrogen-bond donors (Lipinski definition) is 1. The highest BCUT2D eigenvalue weighted by Crippen LogP contribution is 2.25. The third kappa shape index (κ3) is 2.73. The Morgan fingerprint density at radius 3 is 2.95 bits per heavy atom. The first-order chi connectivity index (χ1) is 9.13. The molecule has 2 aromatic rings. The molecule has 0 aliphatic rings. The lowest BCUT2D eigenvalue weighted by Crippen LogP contribution is -2.07. The topological polar surface area (TPSA) is 85.2 Å². The average molecular weight is 262 g/mol. The first-order valence-electron chi connectivity index (χ1n) is 6.06. The molecule has 0 bridgehead atoms. The van der Waals surface area contributed by atoms with Gasteiger partial charge in [-0.1, -0.05) is 13.3 Å². The molecule has 6 nitrogen and oxygen atoms in total. The zero-order chi connectivity index (χ0) is 13.8. The third-order valence-corrected chi connectivity index (χ3v) is 2.81. The van der Waals surface area contributed by atoms with Crippen LogP contribution in [0.3, 0.4) is 0 Å². The molecule has 1 N–H and O–H groups in total. The molecular formula is C13H14N2O4. The molecule has 1 aromatic heterocycles. The van der Waals surface area contributed by atoms with Gasteiger partial charge in [0.1, 0.15) is 0 Å². The van der Waals surface area contributed by atoms with Gasteiger partial charge in [0.25, 0.3) is 5.69 Å². The molecule has 19 heavy (non-hydrogen) atoms. The highest BCUT2D eigenvalue weighted by Gasteiger charge is 2.18. The predicted octanol–water partition coefficient (Wildman–Crippen LogP) is 3.03. The molecule has 0 saturated carbocycles. The summed E-state index contributed by atoms with van der Waals surface area (Å²) in [5.74, 6) is -0.537. The monoisotopic (exact) mass is 262 g/mol. The van der Waals surface area contributed by atoms with Gasteiger partial charge in [-0.25, -0.2) is 4.79 Å². The van der Waals surface area contributed by atoms with Crippen molar-refractivity contribution in [3.63, 3.8) is 0 Å². The fourth-order valence-electron chi connectivity index (χ4n) is 1.81. The van der Waals surface area contributed by atoms with Gasteiger partial charge in [-0.05, 0) is 12.5 Å². The molecule has 100 valence electrons. The summed E-state index contributed by atoms with van der Waals surface area (Å²) < 4.78 is 5.10. The van der Waals surface area contributed by atoms with Gasteiger partial charge in [0, 0.05) is 23.7 Å². The van der Waals surface area contributed by atoms with Crippen molar-refractivity contribution in [2.75, 3.05) is 6.61 Å². The van der Waals surface area contributed by atoms with E-state index in [-0.39, 0.29) is 11.3 Å². The van der Waals surface area contributed by atoms with Crippen LogP contribution in [0.4, 0.5) is 5.69 Å². The van der Waals surface area contributed by atoms with Crippen LogP contribution in [0.25, 0.3) is 10.9 Å². The van der Waals surface area contributed by atoms with Crippen molar-refractivity contribution in [1.82, 2.24) is 4.98 Å². The molecule has 0 amide bonds. The van der Waals surface area contributed by atoms with Crippen LogP contribution in [0.2, 0.25) is 0 Å².